The smallest absolute Gasteiger partial charge is 0.254 e. The number of rotatable bonds is 4. The van der Waals surface area contributed by atoms with Crippen LogP contribution in [0.4, 0.5) is 5.69 Å². The van der Waals surface area contributed by atoms with Crippen molar-refractivity contribution < 1.29 is 14.3 Å². The highest BCUT2D eigenvalue weighted by Gasteiger charge is 2.24. The highest BCUT2D eigenvalue weighted by atomic mass is 32.1. The lowest BCUT2D eigenvalue weighted by Crippen LogP contribution is -2.35. The van der Waals surface area contributed by atoms with E-state index in [4.69, 9.17) is 4.74 Å². The fourth-order valence-corrected chi connectivity index (χ4v) is 3.80. The number of anilines is 1. The van der Waals surface area contributed by atoms with Crippen LogP contribution < -0.4 is 5.32 Å². The molecule has 0 radical (unpaired) electrons. The molecule has 24 heavy (non-hydrogen) atoms. The van der Waals surface area contributed by atoms with Gasteiger partial charge in [0, 0.05) is 36.3 Å². The number of carbonyl (C=O) groups excluding carboxylic acids is 2. The fraction of sp³-hybridized carbons (Fsp3) is 0.333. The second-order valence-corrected chi connectivity index (χ2v) is 6.81. The molecule has 0 unspecified atom stereocenters. The highest BCUT2D eigenvalue weighted by Crippen LogP contribution is 2.27. The molecule has 5 nitrogen and oxygen atoms in total. The molecule has 0 aliphatic carbocycles. The molecule has 0 fully saturated rings. The number of methoxy groups -OCH3 is 1. The Morgan fingerprint density at radius 3 is 2.96 bits per heavy atom. The average Bonchev–Trinajstić information content (AvgIpc) is 3.04. The summed E-state index contributed by atoms with van der Waals surface area (Å²) in [5.41, 5.74) is 3.30. The maximum Gasteiger partial charge on any atom is 0.254 e. The van der Waals surface area contributed by atoms with Gasteiger partial charge in [0.25, 0.3) is 5.91 Å². The molecule has 0 saturated carbocycles. The third kappa shape index (κ3) is 3.34. The van der Waals surface area contributed by atoms with E-state index in [2.05, 4.69) is 16.8 Å². The zero-order valence-corrected chi connectivity index (χ0v) is 14.6. The van der Waals surface area contributed by atoms with Crippen LogP contribution >= 0.6 is 11.3 Å². The van der Waals surface area contributed by atoms with Gasteiger partial charge in [-0.3, -0.25) is 9.59 Å². The maximum atomic E-state index is 12.9. The molecule has 2 amide bonds. The van der Waals surface area contributed by atoms with Crippen molar-refractivity contribution in [1.29, 1.82) is 0 Å². The molecule has 1 aromatic heterocycles. The first kappa shape index (κ1) is 16.7. The van der Waals surface area contributed by atoms with Crippen molar-refractivity contribution in [3.05, 3.63) is 51.2 Å². The van der Waals surface area contributed by atoms with E-state index in [1.54, 1.807) is 23.5 Å². The number of hydrogen-bond donors (Lipinski definition) is 1. The van der Waals surface area contributed by atoms with E-state index >= 15 is 0 Å². The van der Waals surface area contributed by atoms with Crippen molar-refractivity contribution in [3.63, 3.8) is 0 Å². The Hall–Kier alpha value is -2.18. The van der Waals surface area contributed by atoms with Crippen molar-refractivity contribution in [2.45, 2.75) is 19.9 Å². The third-order valence-corrected chi connectivity index (χ3v) is 5.23. The zero-order chi connectivity index (χ0) is 17.1. The topological polar surface area (TPSA) is 58.6 Å². The van der Waals surface area contributed by atoms with Gasteiger partial charge >= 0.3 is 0 Å². The molecule has 1 aliphatic rings. The van der Waals surface area contributed by atoms with Gasteiger partial charge in [-0.25, -0.2) is 0 Å². The van der Waals surface area contributed by atoms with Crippen LogP contribution in [0.3, 0.4) is 0 Å². The number of benzene rings is 1. The molecular formula is C18H20N2O3S. The van der Waals surface area contributed by atoms with E-state index in [9.17, 15) is 9.59 Å². The molecule has 0 spiro atoms. The lowest BCUT2D eigenvalue weighted by molar-refractivity contribution is -0.119. The van der Waals surface area contributed by atoms with Crippen LogP contribution in [0.2, 0.25) is 0 Å². The van der Waals surface area contributed by atoms with Crippen molar-refractivity contribution in [2.24, 2.45) is 0 Å². The van der Waals surface area contributed by atoms with Crippen LogP contribution in [-0.2, 0) is 22.5 Å². The number of thiophene rings is 1. The van der Waals surface area contributed by atoms with E-state index < -0.39 is 0 Å². The Morgan fingerprint density at radius 1 is 1.33 bits per heavy atom. The molecule has 0 atom stereocenters. The lowest BCUT2D eigenvalue weighted by Gasteiger charge is -2.28. The first-order valence-corrected chi connectivity index (χ1v) is 8.71. The molecule has 1 aromatic carbocycles. The van der Waals surface area contributed by atoms with Gasteiger partial charge in [-0.05, 0) is 48.1 Å². The second-order valence-electron chi connectivity index (χ2n) is 5.81. The molecule has 1 N–H and O–H groups in total. The average molecular weight is 344 g/mol. The molecule has 0 bridgehead atoms. The van der Waals surface area contributed by atoms with Crippen LogP contribution in [-0.4, -0.2) is 37.0 Å². The predicted molar refractivity (Wildman–Crippen MR) is 94.4 cm³/mol. The van der Waals surface area contributed by atoms with E-state index in [0.717, 1.165) is 18.5 Å². The molecular weight excluding hydrogens is 324 g/mol. The number of ether oxygens (including phenoxy) is 1. The van der Waals surface area contributed by atoms with Gasteiger partial charge < -0.3 is 15.0 Å². The Balaban J connectivity index is 1.79. The van der Waals surface area contributed by atoms with Crippen molar-refractivity contribution in [1.82, 2.24) is 4.90 Å². The maximum absolute atomic E-state index is 12.9. The summed E-state index contributed by atoms with van der Waals surface area (Å²) >= 11 is 1.75. The Bertz CT molecular complexity index is 769. The predicted octanol–water partition coefficient (Wildman–Crippen LogP) is 2.84. The Kier molecular flexibility index (Phi) is 4.97. The monoisotopic (exact) mass is 344 g/mol. The second kappa shape index (κ2) is 7.15. The fourth-order valence-electron chi connectivity index (χ4n) is 2.91. The van der Waals surface area contributed by atoms with Crippen molar-refractivity contribution >= 4 is 28.8 Å². The first-order valence-electron chi connectivity index (χ1n) is 7.83. The summed E-state index contributed by atoms with van der Waals surface area (Å²) in [6.07, 6.45) is 0.905. The molecule has 0 saturated heterocycles. The lowest BCUT2D eigenvalue weighted by atomic mass is 10.0. The summed E-state index contributed by atoms with van der Waals surface area (Å²) in [5.74, 6) is -0.224. The standard InChI is InChI=1S/C18H20N2O3S/c1-12-14(4-3-5-15(12)19-17(21)11-23-2)18(22)20-8-6-16-13(10-20)7-9-24-16/h3-5,7,9H,6,8,10-11H2,1-2H3,(H,19,21). The summed E-state index contributed by atoms with van der Waals surface area (Å²) in [6.45, 7) is 3.23. The first-order chi connectivity index (χ1) is 11.6. The molecule has 3 rings (SSSR count). The highest BCUT2D eigenvalue weighted by molar-refractivity contribution is 7.10. The van der Waals surface area contributed by atoms with E-state index in [-0.39, 0.29) is 18.4 Å². The summed E-state index contributed by atoms with van der Waals surface area (Å²) in [5, 5.41) is 4.87. The number of nitrogens with one attached hydrogen (secondary N) is 1. The summed E-state index contributed by atoms with van der Waals surface area (Å²) in [7, 11) is 1.47. The zero-order valence-electron chi connectivity index (χ0n) is 13.8. The number of nitrogens with zero attached hydrogens (tertiary/aromatic N) is 1. The third-order valence-electron chi connectivity index (χ3n) is 4.21. The largest absolute Gasteiger partial charge is 0.375 e. The van der Waals surface area contributed by atoms with Gasteiger partial charge in [-0.1, -0.05) is 6.07 Å². The van der Waals surface area contributed by atoms with Crippen molar-refractivity contribution in [3.8, 4) is 0 Å². The Labute approximate surface area is 145 Å². The molecule has 6 heteroatoms. The number of amides is 2. The van der Waals surface area contributed by atoms with Crippen LogP contribution in [0.25, 0.3) is 0 Å². The van der Waals surface area contributed by atoms with E-state index in [1.165, 1.54) is 17.6 Å². The minimum Gasteiger partial charge on any atom is -0.375 e. The number of carbonyl (C=O) groups is 2. The van der Waals surface area contributed by atoms with Gasteiger partial charge in [0.05, 0.1) is 0 Å². The summed E-state index contributed by atoms with van der Waals surface area (Å²) < 4.78 is 4.83. The normalized spacial score (nSPS) is 13.5. The minimum atomic E-state index is -0.230. The Morgan fingerprint density at radius 2 is 2.17 bits per heavy atom. The molecule has 126 valence electrons. The molecule has 2 heterocycles. The van der Waals surface area contributed by atoms with Gasteiger partial charge in [0.1, 0.15) is 6.61 Å². The SMILES string of the molecule is COCC(=O)Nc1cccc(C(=O)N2CCc3sccc3C2)c1C. The van der Waals surface area contributed by atoms with Gasteiger partial charge in [-0.2, -0.15) is 0 Å². The number of hydrogen-bond acceptors (Lipinski definition) is 4. The molecule has 1 aliphatic heterocycles. The van der Waals surface area contributed by atoms with E-state index in [0.29, 0.717) is 17.8 Å². The van der Waals surface area contributed by atoms with Crippen LogP contribution in [0.5, 0.6) is 0 Å². The quantitative estimate of drug-likeness (QED) is 0.928. The van der Waals surface area contributed by atoms with Crippen LogP contribution in [0.1, 0.15) is 26.4 Å². The minimum absolute atomic E-state index is 0.00666. The van der Waals surface area contributed by atoms with Crippen LogP contribution in [0, 0.1) is 6.92 Å². The van der Waals surface area contributed by atoms with Crippen LogP contribution in [0.15, 0.2) is 29.6 Å². The molecule has 2 aromatic rings. The van der Waals surface area contributed by atoms with Gasteiger partial charge in [0.2, 0.25) is 5.91 Å². The van der Waals surface area contributed by atoms with Gasteiger partial charge in [0.15, 0.2) is 0 Å². The van der Waals surface area contributed by atoms with Crippen molar-refractivity contribution in [2.75, 3.05) is 25.6 Å². The van der Waals surface area contributed by atoms with Gasteiger partial charge in [-0.15, -0.1) is 11.3 Å². The summed E-state index contributed by atoms with van der Waals surface area (Å²) in [4.78, 5) is 27.9. The summed E-state index contributed by atoms with van der Waals surface area (Å²) in [6, 6.07) is 7.50. The number of fused-ring (bicyclic) bond motifs is 1. The van der Waals surface area contributed by atoms with E-state index in [1.807, 2.05) is 17.9 Å².